The Morgan fingerprint density at radius 2 is 1.59 bits per heavy atom. The van der Waals surface area contributed by atoms with Crippen molar-refractivity contribution in [1.82, 2.24) is 5.32 Å². The van der Waals surface area contributed by atoms with Crippen LogP contribution in [0.3, 0.4) is 0 Å². The highest BCUT2D eigenvalue weighted by molar-refractivity contribution is 5.86. The number of rotatable bonds is 6. The van der Waals surface area contributed by atoms with Gasteiger partial charge in [0.2, 0.25) is 5.91 Å². The third kappa shape index (κ3) is 5.24. The van der Waals surface area contributed by atoms with Crippen LogP contribution in [-0.2, 0) is 9.53 Å². The highest BCUT2D eigenvalue weighted by atomic mass is 16.5. The largest absolute Gasteiger partial charge is 0.376 e. The summed E-state index contributed by atoms with van der Waals surface area (Å²) in [5, 5.41) is 2.75. The zero-order chi connectivity index (χ0) is 15.8. The topological polar surface area (TPSA) is 64.4 Å². The number of nitrogens with one attached hydrogen (secondary N) is 1. The van der Waals surface area contributed by atoms with Crippen molar-refractivity contribution in [3.05, 3.63) is 0 Å². The molecule has 0 saturated heterocycles. The zero-order valence-corrected chi connectivity index (χ0v) is 14.2. The monoisotopic (exact) mass is 310 g/mol. The summed E-state index contributed by atoms with van der Waals surface area (Å²) in [5.74, 6) is 0.514. The van der Waals surface area contributed by atoms with Crippen molar-refractivity contribution in [2.45, 2.75) is 88.7 Å². The molecule has 0 radical (unpaired) electrons. The summed E-state index contributed by atoms with van der Waals surface area (Å²) in [7, 11) is 1.68. The van der Waals surface area contributed by atoms with Crippen LogP contribution < -0.4 is 11.1 Å². The van der Waals surface area contributed by atoms with Gasteiger partial charge in [-0.1, -0.05) is 57.8 Å². The number of hydrogen-bond acceptors (Lipinski definition) is 3. The minimum atomic E-state index is -0.858. The Balaban J connectivity index is 1.90. The van der Waals surface area contributed by atoms with Gasteiger partial charge in [-0.2, -0.15) is 0 Å². The van der Waals surface area contributed by atoms with Gasteiger partial charge in [0.05, 0.1) is 12.7 Å². The number of ether oxygens (including phenoxy) is 1. The van der Waals surface area contributed by atoms with Gasteiger partial charge < -0.3 is 15.8 Å². The van der Waals surface area contributed by atoms with Crippen LogP contribution in [0.15, 0.2) is 0 Å². The summed E-state index contributed by atoms with van der Waals surface area (Å²) in [4.78, 5) is 12.3. The SMILES string of the molecule is CNC(=O)C(N)(COC1CCCCCC1)CC1CCCCC1. The van der Waals surface area contributed by atoms with Crippen molar-refractivity contribution in [1.29, 1.82) is 0 Å². The Morgan fingerprint density at radius 3 is 2.18 bits per heavy atom. The van der Waals surface area contributed by atoms with E-state index in [1.807, 2.05) is 0 Å². The van der Waals surface area contributed by atoms with Crippen molar-refractivity contribution in [2.75, 3.05) is 13.7 Å². The average molecular weight is 310 g/mol. The van der Waals surface area contributed by atoms with E-state index in [9.17, 15) is 4.79 Å². The molecule has 4 nitrogen and oxygen atoms in total. The minimum Gasteiger partial charge on any atom is -0.376 e. The third-order valence-electron chi connectivity index (χ3n) is 5.44. The molecule has 2 aliphatic rings. The molecule has 1 amide bonds. The highest BCUT2D eigenvalue weighted by Gasteiger charge is 2.37. The molecule has 1 atom stereocenters. The number of nitrogens with two attached hydrogens (primary N) is 1. The second-order valence-electron chi connectivity index (χ2n) is 7.37. The summed E-state index contributed by atoms with van der Waals surface area (Å²) in [5.41, 5.74) is 5.64. The fourth-order valence-electron chi connectivity index (χ4n) is 4.05. The molecule has 0 aromatic heterocycles. The zero-order valence-electron chi connectivity index (χ0n) is 14.2. The Hall–Kier alpha value is -0.610. The Labute approximate surface area is 135 Å². The molecule has 0 spiro atoms. The van der Waals surface area contributed by atoms with Gasteiger partial charge in [0.25, 0.3) is 0 Å². The van der Waals surface area contributed by atoms with Crippen LogP contribution in [0.25, 0.3) is 0 Å². The van der Waals surface area contributed by atoms with E-state index in [0.29, 0.717) is 18.6 Å². The van der Waals surface area contributed by atoms with Crippen molar-refractivity contribution in [3.8, 4) is 0 Å². The lowest BCUT2D eigenvalue weighted by molar-refractivity contribution is -0.130. The second-order valence-corrected chi connectivity index (χ2v) is 7.37. The van der Waals surface area contributed by atoms with E-state index in [2.05, 4.69) is 5.32 Å². The molecular formula is C18H34N2O2. The first kappa shape index (κ1) is 17.7. The third-order valence-corrected chi connectivity index (χ3v) is 5.44. The number of likely N-dealkylation sites (N-methyl/N-ethyl adjacent to an activating group) is 1. The van der Waals surface area contributed by atoms with E-state index in [4.69, 9.17) is 10.5 Å². The predicted molar refractivity (Wildman–Crippen MR) is 89.6 cm³/mol. The van der Waals surface area contributed by atoms with Crippen LogP contribution in [0.1, 0.15) is 77.0 Å². The number of carbonyl (C=O) groups is 1. The van der Waals surface area contributed by atoms with E-state index >= 15 is 0 Å². The molecule has 0 bridgehead atoms. The molecule has 2 aliphatic carbocycles. The van der Waals surface area contributed by atoms with Gasteiger partial charge in [0, 0.05) is 7.05 Å². The quantitative estimate of drug-likeness (QED) is 0.741. The summed E-state index contributed by atoms with van der Waals surface area (Å²) >= 11 is 0. The lowest BCUT2D eigenvalue weighted by Gasteiger charge is -2.34. The first-order valence-corrected chi connectivity index (χ1v) is 9.27. The number of hydrogen-bond donors (Lipinski definition) is 2. The first-order chi connectivity index (χ1) is 10.6. The lowest BCUT2D eigenvalue weighted by Crippen LogP contribution is -2.58. The molecule has 22 heavy (non-hydrogen) atoms. The summed E-state index contributed by atoms with van der Waals surface area (Å²) < 4.78 is 6.11. The van der Waals surface area contributed by atoms with E-state index in [1.165, 1.54) is 57.8 Å². The van der Waals surface area contributed by atoms with Crippen LogP contribution in [0, 0.1) is 5.92 Å². The fraction of sp³-hybridized carbons (Fsp3) is 0.944. The van der Waals surface area contributed by atoms with Crippen LogP contribution >= 0.6 is 0 Å². The van der Waals surface area contributed by atoms with E-state index in [0.717, 1.165) is 19.3 Å². The molecule has 4 heteroatoms. The first-order valence-electron chi connectivity index (χ1n) is 9.27. The molecule has 2 fully saturated rings. The fourth-order valence-corrected chi connectivity index (χ4v) is 4.05. The molecule has 1 unspecified atom stereocenters. The number of amides is 1. The standard InChI is InChI=1S/C18H34N2O2/c1-20-17(21)18(19,13-15-9-5-4-6-10-15)14-22-16-11-7-2-3-8-12-16/h15-16H,2-14,19H2,1H3,(H,20,21). The van der Waals surface area contributed by atoms with Gasteiger partial charge in [-0.3, -0.25) is 4.79 Å². The summed E-state index contributed by atoms with van der Waals surface area (Å²) in [6.07, 6.45) is 14.7. The molecule has 2 saturated carbocycles. The van der Waals surface area contributed by atoms with Crippen LogP contribution in [-0.4, -0.2) is 31.2 Å². The Bertz CT molecular complexity index is 334. The molecule has 0 heterocycles. The molecule has 3 N–H and O–H groups in total. The summed E-state index contributed by atoms with van der Waals surface area (Å²) in [6, 6.07) is 0. The van der Waals surface area contributed by atoms with Crippen molar-refractivity contribution in [2.24, 2.45) is 11.7 Å². The molecule has 0 aromatic carbocycles. The maximum Gasteiger partial charge on any atom is 0.242 e. The molecule has 2 rings (SSSR count). The van der Waals surface area contributed by atoms with E-state index < -0.39 is 5.54 Å². The van der Waals surface area contributed by atoms with Crippen molar-refractivity contribution >= 4 is 5.91 Å². The van der Waals surface area contributed by atoms with Crippen molar-refractivity contribution < 1.29 is 9.53 Å². The highest BCUT2D eigenvalue weighted by Crippen LogP contribution is 2.31. The van der Waals surface area contributed by atoms with Gasteiger partial charge >= 0.3 is 0 Å². The molecular weight excluding hydrogens is 276 g/mol. The van der Waals surface area contributed by atoms with Gasteiger partial charge in [-0.15, -0.1) is 0 Å². The maximum absolute atomic E-state index is 12.3. The Morgan fingerprint density at radius 1 is 1.05 bits per heavy atom. The molecule has 128 valence electrons. The van der Waals surface area contributed by atoms with Crippen LogP contribution in [0.5, 0.6) is 0 Å². The molecule has 0 aromatic rings. The molecule has 0 aliphatic heterocycles. The van der Waals surface area contributed by atoms with E-state index in [-0.39, 0.29) is 5.91 Å². The van der Waals surface area contributed by atoms with Crippen molar-refractivity contribution in [3.63, 3.8) is 0 Å². The Kier molecular flexibility index (Phi) is 7.16. The summed E-state index contributed by atoms with van der Waals surface area (Å²) in [6.45, 7) is 0.369. The van der Waals surface area contributed by atoms with Crippen LogP contribution in [0.2, 0.25) is 0 Å². The lowest BCUT2D eigenvalue weighted by atomic mass is 9.79. The maximum atomic E-state index is 12.3. The predicted octanol–water partition coefficient (Wildman–Crippen LogP) is 3.14. The normalized spacial score (nSPS) is 24.5. The minimum absolute atomic E-state index is 0.0632. The van der Waals surface area contributed by atoms with Gasteiger partial charge in [-0.25, -0.2) is 0 Å². The van der Waals surface area contributed by atoms with E-state index in [1.54, 1.807) is 7.05 Å². The number of carbonyl (C=O) groups excluding carboxylic acids is 1. The van der Waals surface area contributed by atoms with Crippen LogP contribution in [0.4, 0.5) is 0 Å². The second kappa shape index (κ2) is 8.88. The van der Waals surface area contributed by atoms with Gasteiger partial charge in [0.15, 0.2) is 0 Å². The van der Waals surface area contributed by atoms with Gasteiger partial charge in [-0.05, 0) is 25.2 Å². The van der Waals surface area contributed by atoms with Gasteiger partial charge in [0.1, 0.15) is 5.54 Å². The average Bonchev–Trinajstić information content (AvgIpc) is 2.82. The smallest absolute Gasteiger partial charge is 0.242 e.